The molecule has 0 spiro atoms. The molecule has 0 aromatic rings. The minimum Gasteiger partial charge on any atom is -0.459 e. The average molecular weight is 684 g/mol. The van der Waals surface area contributed by atoms with Crippen LogP contribution in [0.5, 0.6) is 0 Å². The Morgan fingerprint density at radius 3 is 0.952 bits per heavy atom. The fraction of sp³-hybridized carbons (Fsp3) is 0.941. The third-order valence-corrected chi connectivity index (χ3v) is 5.38. The molecule has 0 rings (SSSR count). The van der Waals surface area contributed by atoms with Gasteiger partial charge in [-0.15, -0.1) is 0 Å². The van der Waals surface area contributed by atoms with Crippen molar-refractivity contribution in [2.45, 2.75) is 85.7 Å². The second-order valence-corrected chi connectivity index (χ2v) is 8.29. The van der Waals surface area contributed by atoms with Gasteiger partial charge in [-0.05, 0) is 6.42 Å². The lowest BCUT2D eigenvalue weighted by atomic mass is 9.85. The van der Waals surface area contributed by atoms with Crippen LogP contribution in [0.1, 0.15) is 20.3 Å². The number of hydrogen-bond donors (Lipinski definition) is 0. The van der Waals surface area contributed by atoms with Crippen LogP contribution in [0.15, 0.2) is 0 Å². The van der Waals surface area contributed by atoms with Crippen LogP contribution in [-0.2, 0) is 9.53 Å². The SMILES string of the molecule is CCC(C)C(=O)OCC(F)(F)C(F)(F)C(F)(F)C(F)(F)C(F)(F)C(F)(F)C(F)(F)C(F)(F)C(F)(F)C(F)(F)C(F)(F)F. The molecule has 0 bridgehead atoms. The monoisotopic (exact) mass is 684 g/mol. The standard InChI is InChI=1S/C17H11F23O2/c1-3-5(2)6(41)42-4-7(18,19)8(20,21)9(22,23)10(24,25)11(26,27)12(28,29)13(30,31)14(32,33)15(34,35)16(36,37)17(38,39)40/h5H,3-4H2,1-2H3. The van der Waals surface area contributed by atoms with Crippen LogP contribution in [0, 0.1) is 5.92 Å². The van der Waals surface area contributed by atoms with E-state index in [1.807, 2.05) is 0 Å². The molecule has 0 aromatic heterocycles. The van der Waals surface area contributed by atoms with Gasteiger partial charge in [0.25, 0.3) is 0 Å². The molecule has 0 N–H and O–H groups in total. The van der Waals surface area contributed by atoms with Crippen LogP contribution in [0.25, 0.3) is 0 Å². The predicted octanol–water partition coefficient (Wildman–Crippen LogP) is 8.49. The Labute approximate surface area is 216 Å². The molecule has 0 fully saturated rings. The maximum atomic E-state index is 13.7. The summed E-state index contributed by atoms with van der Waals surface area (Å²) in [5.74, 6) is -91.9. The Bertz CT molecular complexity index is 978. The van der Waals surface area contributed by atoms with E-state index in [1.165, 1.54) is 0 Å². The molecule has 0 heterocycles. The van der Waals surface area contributed by atoms with Crippen LogP contribution >= 0.6 is 0 Å². The van der Waals surface area contributed by atoms with Gasteiger partial charge in [0.2, 0.25) is 0 Å². The van der Waals surface area contributed by atoms with Crippen molar-refractivity contribution in [1.82, 2.24) is 0 Å². The highest BCUT2D eigenvalue weighted by atomic mass is 19.4. The van der Waals surface area contributed by atoms with Crippen molar-refractivity contribution >= 4 is 5.97 Å². The number of alkyl halides is 23. The van der Waals surface area contributed by atoms with Crippen LogP contribution < -0.4 is 0 Å². The van der Waals surface area contributed by atoms with E-state index in [2.05, 4.69) is 4.74 Å². The van der Waals surface area contributed by atoms with E-state index >= 15 is 0 Å². The van der Waals surface area contributed by atoms with E-state index in [0.717, 1.165) is 13.8 Å². The third kappa shape index (κ3) is 5.16. The fourth-order valence-corrected chi connectivity index (χ4v) is 2.35. The second-order valence-electron chi connectivity index (χ2n) is 8.29. The molecule has 0 aliphatic heterocycles. The van der Waals surface area contributed by atoms with Crippen molar-refractivity contribution < 1.29 is 111 Å². The van der Waals surface area contributed by atoms with Gasteiger partial charge in [0.05, 0.1) is 5.92 Å². The Morgan fingerprint density at radius 1 is 0.476 bits per heavy atom. The van der Waals surface area contributed by atoms with Crippen molar-refractivity contribution in [2.24, 2.45) is 5.92 Å². The van der Waals surface area contributed by atoms with Crippen LogP contribution in [0.3, 0.4) is 0 Å². The van der Waals surface area contributed by atoms with Crippen molar-refractivity contribution in [3.63, 3.8) is 0 Å². The van der Waals surface area contributed by atoms with Gasteiger partial charge < -0.3 is 4.74 Å². The Kier molecular flexibility index (Phi) is 9.96. The number of hydrogen-bond acceptors (Lipinski definition) is 2. The number of ether oxygens (including phenoxy) is 1. The smallest absolute Gasteiger partial charge is 0.459 e. The maximum Gasteiger partial charge on any atom is 0.460 e. The summed E-state index contributed by atoms with van der Waals surface area (Å²) in [6, 6.07) is 0. The molecule has 1 unspecified atom stereocenters. The largest absolute Gasteiger partial charge is 0.460 e. The van der Waals surface area contributed by atoms with E-state index in [4.69, 9.17) is 0 Å². The summed E-state index contributed by atoms with van der Waals surface area (Å²) in [5, 5.41) is 0. The average Bonchev–Trinajstić information content (AvgIpc) is 2.79. The summed E-state index contributed by atoms with van der Waals surface area (Å²) in [7, 11) is 0. The number of halogens is 23. The zero-order valence-electron chi connectivity index (χ0n) is 19.5. The zero-order chi connectivity index (χ0) is 34.8. The van der Waals surface area contributed by atoms with Crippen molar-refractivity contribution in [3.8, 4) is 0 Å². The predicted molar refractivity (Wildman–Crippen MR) is 85.9 cm³/mol. The maximum absolute atomic E-state index is 13.7. The highest BCUT2D eigenvalue weighted by molar-refractivity contribution is 5.71. The molecule has 42 heavy (non-hydrogen) atoms. The summed E-state index contributed by atoms with van der Waals surface area (Å²) in [4.78, 5) is 11.2. The van der Waals surface area contributed by atoms with Gasteiger partial charge >= 0.3 is 71.4 Å². The van der Waals surface area contributed by atoms with E-state index in [1.54, 1.807) is 0 Å². The fourth-order valence-electron chi connectivity index (χ4n) is 2.35. The molecule has 0 saturated carbocycles. The van der Waals surface area contributed by atoms with Crippen LogP contribution in [-0.4, -0.2) is 78.0 Å². The van der Waals surface area contributed by atoms with Crippen LogP contribution in [0.4, 0.5) is 101 Å². The topological polar surface area (TPSA) is 26.3 Å². The van der Waals surface area contributed by atoms with Gasteiger partial charge in [-0.2, -0.15) is 101 Å². The first kappa shape index (κ1) is 39.9. The number of esters is 1. The molecule has 1 atom stereocenters. The number of carbonyl (C=O) groups excluding carboxylic acids is 1. The van der Waals surface area contributed by atoms with E-state index in [9.17, 15) is 106 Å². The first-order chi connectivity index (χ1) is 17.9. The molecule has 0 radical (unpaired) electrons. The Hall–Kier alpha value is -2.14. The normalized spacial score (nSPS) is 16.9. The summed E-state index contributed by atoms with van der Waals surface area (Å²) < 4.78 is 309. The minimum absolute atomic E-state index is 0.372. The quantitative estimate of drug-likeness (QED) is 0.144. The highest BCUT2D eigenvalue weighted by Crippen LogP contribution is 2.67. The van der Waals surface area contributed by atoms with Crippen molar-refractivity contribution in [1.29, 1.82) is 0 Å². The molecular weight excluding hydrogens is 673 g/mol. The van der Waals surface area contributed by atoms with Gasteiger partial charge in [0, 0.05) is 0 Å². The summed E-state index contributed by atoms with van der Waals surface area (Å²) >= 11 is 0. The van der Waals surface area contributed by atoms with E-state index < -0.39 is 83.9 Å². The summed E-state index contributed by atoms with van der Waals surface area (Å²) in [6.45, 7) is -1.59. The van der Waals surface area contributed by atoms with E-state index in [0.29, 0.717) is 0 Å². The van der Waals surface area contributed by atoms with Gasteiger partial charge in [-0.1, -0.05) is 13.8 Å². The summed E-state index contributed by atoms with van der Waals surface area (Å²) in [6.07, 6.45) is -8.49. The van der Waals surface area contributed by atoms with Crippen molar-refractivity contribution in [3.05, 3.63) is 0 Å². The van der Waals surface area contributed by atoms with Gasteiger partial charge in [0.1, 0.15) is 0 Å². The van der Waals surface area contributed by atoms with Crippen molar-refractivity contribution in [2.75, 3.05) is 6.61 Å². The lowest BCUT2D eigenvalue weighted by molar-refractivity contribution is -0.478. The van der Waals surface area contributed by atoms with Gasteiger partial charge in [-0.3, -0.25) is 4.79 Å². The minimum atomic E-state index is -9.45. The molecule has 0 amide bonds. The highest BCUT2D eigenvalue weighted by Gasteiger charge is 2.98. The van der Waals surface area contributed by atoms with Gasteiger partial charge in [-0.25, -0.2) is 0 Å². The third-order valence-electron chi connectivity index (χ3n) is 5.38. The molecule has 0 aliphatic rings. The first-order valence-electron chi connectivity index (χ1n) is 9.88. The van der Waals surface area contributed by atoms with Crippen LogP contribution in [0.2, 0.25) is 0 Å². The Morgan fingerprint density at radius 2 is 0.714 bits per heavy atom. The molecule has 0 aromatic carbocycles. The lowest BCUT2D eigenvalue weighted by Gasteiger charge is -2.45. The number of rotatable bonds is 13. The number of carbonyl (C=O) groups is 1. The molecule has 0 aliphatic carbocycles. The Balaban J connectivity index is 7.02. The van der Waals surface area contributed by atoms with E-state index in [-0.39, 0.29) is 6.42 Å². The molecular formula is C17H11F23O2. The molecule has 252 valence electrons. The second kappa shape index (κ2) is 10.5. The molecule has 0 saturated heterocycles. The zero-order valence-corrected chi connectivity index (χ0v) is 19.5. The molecule has 2 nitrogen and oxygen atoms in total. The molecule has 25 heteroatoms. The first-order valence-corrected chi connectivity index (χ1v) is 9.88. The lowest BCUT2D eigenvalue weighted by Crippen LogP contribution is -2.77. The van der Waals surface area contributed by atoms with Gasteiger partial charge in [0.15, 0.2) is 6.61 Å². The summed E-state index contributed by atoms with van der Waals surface area (Å²) in [5.41, 5.74) is 0.